The quantitative estimate of drug-likeness (QED) is 0.0262. The van der Waals surface area contributed by atoms with Crippen molar-refractivity contribution in [3.8, 4) is 0 Å². The van der Waals surface area contributed by atoms with E-state index in [9.17, 15) is 14.4 Å². The van der Waals surface area contributed by atoms with Crippen molar-refractivity contribution in [2.24, 2.45) is 0 Å². The number of carbonyl (C=O) groups excluding carboxylic acids is 3. The Labute approximate surface area is 397 Å². The Morgan fingerprint density at radius 1 is 0.312 bits per heavy atom. The van der Waals surface area contributed by atoms with Crippen LogP contribution in [0.2, 0.25) is 0 Å². The molecule has 0 fully saturated rings. The van der Waals surface area contributed by atoms with Gasteiger partial charge in [0.2, 0.25) is 0 Å². The van der Waals surface area contributed by atoms with Crippen molar-refractivity contribution in [2.45, 2.75) is 303 Å². The van der Waals surface area contributed by atoms with Gasteiger partial charge in [0.1, 0.15) is 13.2 Å². The van der Waals surface area contributed by atoms with Crippen LogP contribution in [0.1, 0.15) is 297 Å². The molecular formula is C58H106O6. The largest absolute Gasteiger partial charge is 0.462 e. The van der Waals surface area contributed by atoms with Gasteiger partial charge < -0.3 is 14.2 Å². The van der Waals surface area contributed by atoms with E-state index in [0.717, 1.165) is 77.0 Å². The van der Waals surface area contributed by atoms with Crippen LogP contribution >= 0.6 is 0 Å². The van der Waals surface area contributed by atoms with Gasteiger partial charge in [-0.1, -0.05) is 256 Å². The first-order valence-electron chi connectivity index (χ1n) is 28.0. The summed E-state index contributed by atoms with van der Waals surface area (Å²) in [5.74, 6) is -0.875. The Morgan fingerprint density at radius 2 is 0.562 bits per heavy atom. The Morgan fingerprint density at radius 3 is 0.875 bits per heavy atom. The lowest BCUT2D eigenvalue weighted by Crippen LogP contribution is -2.30. The normalized spacial score (nSPS) is 12.2. The van der Waals surface area contributed by atoms with E-state index in [2.05, 4.69) is 57.2 Å². The molecular weight excluding hydrogens is 793 g/mol. The Hall–Kier alpha value is -2.37. The molecule has 1 unspecified atom stereocenters. The Kier molecular flexibility index (Phi) is 51.3. The number of carbonyl (C=O) groups is 3. The summed E-state index contributed by atoms with van der Waals surface area (Å²) >= 11 is 0. The predicted octanol–water partition coefficient (Wildman–Crippen LogP) is 18.5. The van der Waals surface area contributed by atoms with E-state index in [4.69, 9.17) is 14.2 Å². The highest BCUT2D eigenvalue weighted by atomic mass is 16.6. The third-order valence-electron chi connectivity index (χ3n) is 12.4. The molecule has 0 heterocycles. The van der Waals surface area contributed by atoms with Crippen LogP contribution in [0, 0.1) is 0 Å². The number of hydrogen-bond acceptors (Lipinski definition) is 6. The average Bonchev–Trinajstić information content (AvgIpc) is 3.29. The van der Waals surface area contributed by atoms with Crippen LogP contribution in [0.15, 0.2) is 36.5 Å². The molecule has 0 saturated heterocycles. The van der Waals surface area contributed by atoms with Gasteiger partial charge in [0, 0.05) is 19.3 Å². The molecule has 1 atom stereocenters. The molecule has 0 saturated carbocycles. The number of ether oxygens (including phenoxy) is 3. The first kappa shape index (κ1) is 61.6. The second kappa shape index (κ2) is 53.2. The van der Waals surface area contributed by atoms with Gasteiger partial charge >= 0.3 is 17.9 Å². The number of esters is 3. The van der Waals surface area contributed by atoms with Gasteiger partial charge in [-0.05, 0) is 57.8 Å². The third-order valence-corrected chi connectivity index (χ3v) is 12.4. The Balaban J connectivity index is 4.25. The van der Waals surface area contributed by atoms with E-state index in [-0.39, 0.29) is 31.1 Å². The highest BCUT2D eigenvalue weighted by Gasteiger charge is 2.19. The van der Waals surface area contributed by atoms with Crippen LogP contribution in [0.3, 0.4) is 0 Å². The molecule has 0 N–H and O–H groups in total. The molecule has 374 valence electrons. The molecule has 6 nitrogen and oxygen atoms in total. The molecule has 6 heteroatoms. The van der Waals surface area contributed by atoms with Gasteiger partial charge in [-0.25, -0.2) is 0 Å². The van der Waals surface area contributed by atoms with Gasteiger partial charge in [0.05, 0.1) is 0 Å². The lowest BCUT2D eigenvalue weighted by molar-refractivity contribution is -0.167. The SMILES string of the molecule is CCCCCCC/C=C\C/C=C\C/C=C\CCCCCCCCC(=O)OCC(COC(=O)CCCCCCCCCC)OC(=O)CCCCCCCCCCCCCCCCCCC. The zero-order valence-electron chi connectivity index (χ0n) is 42.8. The summed E-state index contributed by atoms with van der Waals surface area (Å²) < 4.78 is 16.8. The molecule has 0 aliphatic heterocycles. The van der Waals surface area contributed by atoms with Gasteiger partial charge in [-0.15, -0.1) is 0 Å². The molecule has 0 spiro atoms. The van der Waals surface area contributed by atoms with E-state index in [1.807, 2.05) is 0 Å². The van der Waals surface area contributed by atoms with Crippen molar-refractivity contribution >= 4 is 17.9 Å². The van der Waals surface area contributed by atoms with E-state index in [0.29, 0.717) is 19.3 Å². The molecule has 0 aromatic heterocycles. The molecule has 0 amide bonds. The van der Waals surface area contributed by atoms with Crippen molar-refractivity contribution in [3.63, 3.8) is 0 Å². The fourth-order valence-electron chi connectivity index (χ4n) is 8.16. The van der Waals surface area contributed by atoms with Crippen LogP contribution in [0.4, 0.5) is 0 Å². The number of allylic oxidation sites excluding steroid dienone is 6. The minimum absolute atomic E-state index is 0.0727. The highest BCUT2D eigenvalue weighted by molar-refractivity contribution is 5.71. The number of unbranched alkanes of at least 4 members (excludes halogenated alkanes) is 34. The molecule has 0 aliphatic carbocycles. The molecule has 0 aromatic rings. The first-order valence-corrected chi connectivity index (χ1v) is 28.0. The monoisotopic (exact) mass is 899 g/mol. The maximum atomic E-state index is 12.8. The summed E-state index contributed by atoms with van der Waals surface area (Å²) in [4.78, 5) is 37.9. The molecule has 0 aliphatic rings. The summed E-state index contributed by atoms with van der Waals surface area (Å²) in [5.41, 5.74) is 0. The maximum Gasteiger partial charge on any atom is 0.306 e. The van der Waals surface area contributed by atoms with Gasteiger partial charge in [-0.3, -0.25) is 14.4 Å². The minimum Gasteiger partial charge on any atom is -0.462 e. The van der Waals surface area contributed by atoms with Gasteiger partial charge in [0.15, 0.2) is 6.10 Å². The summed E-state index contributed by atoms with van der Waals surface area (Å²) in [6.07, 6.45) is 62.8. The second-order valence-corrected chi connectivity index (χ2v) is 18.9. The zero-order chi connectivity index (χ0) is 46.5. The highest BCUT2D eigenvalue weighted by Crippen LogP contribution is 2.16. The molecule has 0 rings (SSSR count). The second-order valence-electron chi connectivity index (χ2n) is 18.9. The third kappa shape index (κ3) is 50.6. The van der Waals surface area contributed by atoms with Crippen molar-refractivity contribution in [1.29, 1.82) is 0 Å². The number of rotatable bonds is 51. The van der Waals surface area contributed by atoms with E-state index < -0.39 is 6.10 Å². The topological polar surface area (TPSA) is 78.9 Å². The summed E-state index contributed by atoms with van der Waals surface area (Å²) in [6.45, 7) is 6.62. The predicted molar refractivity (Wildman–Crippen MR) is 275 cm³/mol. The summed E-state index contributed by atoms with van der Waals surface area (Å²) in [5, 5.41) is 0. The van der Waals surface area contributed by atoms with Crippen molar-refractivity contribution in [2.75, 3.05) is 13.2 Å². The van der Waals surface area contributed by atoms with Crippen LogP contribution < -0.4 is 0 Å². The fraction of sp³-hybridized carbons (Fsp3) is 0.845. The van der Waals surface area contributed by atoms with Crippen LogP contribution in [0.25, 0.3) is 0 Å². The van der Waals surface area contributed by atoms with Gasteiger partial charge in [0.25, 0.3) is 0 Å². The van der Waals surface area contributed by atoms with Crippen LogP contribution in [-0.2, 0) is 28.6 Å². The van der Waals surface area contributed by atoms with E-state index >= 15 is 0 Å². The van der Waals surface area contributed by atoms with Crippen molar-refractivity contribution < 1.29 is 28.6 Å². The lowest BCUT2D eigenvalue weighted by atomic mass is 10.0. The van der Waals surface area contributed by atoms with E-state index in [1.165, 1.54) is 180 Å². The van der Waals surface area contributed by atoms with E-state index in [1.54, 1.807) is 0 Å². The standard InChI is InChI=1S/C58H106O6/c1-4-7-10-13-16-19-21-23-25-27-28-29-30-32-33-35-37-39-42-45-48-51-57(60)63-54-55(53-62-56(59)50-47-44-41-18-15-12-9-6-3)64-58(61)52-49-46-43-40-38-36-34-31-26-24-22-20-17-14-11-8-5-2/h21,23,27-28,30,32,55H,4-20,22,24-26,29,31,33-54H2,1-3H3/b23-21-,28-27-,32-30-. The fourth-order valence-corrected chi connectivity index (χ4v) is 8.16. The zero-order valence-corrected chi connectivity index (χ0v) is 42.8. The molecule has 64 heavy (non-hydrogen) atoms. The summed E-state index contributed by atoms with van der Waals surface area (Å²) in [7, 11) is 0. The summed E-state index contributed by atoms with van der Waals surface area (Å²) in [6, 6.07) is 0. The Bertz CT molecular complexity index is 1080. The minimum atomic E-state index is -0.772. The average molecular weight is 899 g/mol. The molecule has 0 radical (unpaired) electrons. The molecule has 0 bridgehead atoms. The maximum absolute atomic E-state index is 12.8. The lowest BCUT2D eigenvalue weighted by Gasteiger charge is -2.18. The van der Waals surface area contributed by atoms with Crippen molar-refractivity contribution in [1.82, 2.24) is 0 Å². The number of hydrogen-bond donors (Lipinski definition) is 0. The van der Waals surface area contributed by atoms with Crippen LogP contribution in [-0.4, -0.2) is 37.2 Å². The molecule has 0 aromatic carbocycles. The van der Waals surface area contributed by atoms with Crippen molar-refractivity contribution in [3.05, 3.63) is 36.5 Å². The van der Waals surface area contributed by atoms with Gasteiger partial charge in [-0.2, -0.15) is 0 Å². The van der Waals surface area contributed by atoms with Crippen LogP contribution in [0.5, 0.6) is 0 Å². The smallest absolute Gasteiger partial charge is 0.306 e. The first-order chi connectivity index (χ1) is 31.5.